The van der Waals surface area contributed by atoms with E-state index in [4.69, 9.17) is 5.73 Å². The average molecular weight is 318 g/mol. The second kappa shape index (κ2) is 8.62. The summed E-state index contributed by atoms with van der Waals surface area (Å²) in [6.07, 6.45) is 5.49. The summed E-state index contributed by atoms with van der Waals surface area (Å²) in [5.41, 5.74) is 7.25. The molecular weight excluding hydrogens is 292 g/mol. The normalized spacial score (nSPS) is 17.8. The van der Waals surface area contributed by atoms with Crippen LogP contribution in [0, 0.1) is 6.92 Å². The van der Waals surface area contributed by atoms with Gasteiger partial charge in [-0.05, 0) is 37.8 Å². The summed E-state index contributed by atoms with van der Waals surface area (Å²) in [6.45, 7) is 3.54. The summed E-state index contributed by atoms with van der Waals surface area (Å²) >= 11 is 0. The van der Waals surface area contributed by atoms with Crippen molar-refractivity contribution >= 4 is 11.8 Å². The van der Waals surface area contributed by atoms with Gasteiger partial charge in [-0.1, -0.05) is 6.07 Å². The molecule has 1 atom stereocenters. The Morgan fingerprint density at radius 2 is 2.22 bits per heavy atom. The molecule has 1 aliphatic rings. The summed E-state index contributed by atoms with van der Waals surface area (Å²) < 4.78 is 0. The lowest BCUT2D eigenvalue weighted by Gasteiger charge is -2.36. The zero-order valence-corrected chi connectivity index (χ0v) is 13.8. The fourth-order valence-electron chi connectivity index (χ4n) is 2.87. The van der Waals surface area contributed by atoms with Crippen LogP contribution in [-0.4, -0.2) is 47.4 Å². The highest BCUT2D eigenvalue weighted by atomic mass is 16.2. The van der Waals surface area contributed by atoms with Crippen molar-refractivity contribution in [3.63, 3.8) is 0 Å². The Morgan fingerprint density at radius 1 is 1.39 bits per heavy atom. The van der Waals surface area contributed by atoms with Crippen molar-refractivity contribution in [3.8, 4) is 0 Å². The molecule has 1 aromatic heterocycles. The second-order valence-corrected chi connectivity index (χ2v) is 6.06. The van der Waals surface area contributed by atoms with Crippen LogP contribution in [0.15, 0.2) is 18.3 Å². The number of nitrogens with one attached hydrogen (secondary N) is 1. The first kappa shape index (κ1) is 17.4. The lowest BCUT2D eigenvalue weighted by Crippen LogP contribution is -2.50. The maximum atomic E-state index is 12.6. The van der Waals surface area contributed by atoms with E-state index in [2.05, 4.69) is 10.3 Å². The van der Waals surface area contributed by atoms with Crippen molar-refractivity contribution < 1.29 is 9.59 Å². The number of carbonyl (C=O) groups excluding carboxylic acids is 2. The summed E-state index contributed by atoms with van der Waals surface area (Å²) in [5.74, 6) is 0.0571. The molecule has 0 saturated carbocycles. The first-order valence-corrected chi connectivity index (χ1v) is 8.28. The van der Waals surface area contributed by atoms with Crippen LogP contribution in [0.2, 0.25) is 0 Å². The van der Waals surface area contributed by atoms with Crippen LogP contribution in [0.5, 0.6) is 0 Å². The third-order valence-corrected chi connectivity index (χ3v) is 4.18. The number of nitrogens with zero attached hydrogens (tertiary/aromatic N) is 2. The van der Waals surface area contributed by atoms with Crippen LogP contribution in [0.25, 0.3) is 0 Å². The first-order chi connectivity index (χ1) is 11.1. The monoisotopic (exact) mass is 318 g/mol. The number of likely N-dealkylation sites (tertiary alicyclic amines) is 1. The van der Waals surface area contributed by atoms with Crippen molar-refractivity contribution in [2.24, 2.45) is 5.73 Å². The van der Waals surface area contributed by atoms with Crippen LogP contribution in [-0.2, 0) is 16.0 Å². The minimum atomic E-state index is -0.0480. The molecular formula is C17H26N4O2. The number of piperidine rings is 1. The highest BCUT2D eigenvalue weighted by Crippen LogP contribution is 2.18. The third kappa shape index (κ3) is 5.32. The van der Waals surface area contributed by atoms with Gasteiger partial charge in [-0.15, -0.1) is 0 Å². The van der Waals surface area contributed by atoms with Gasteiger partial charge in [0, 0.05) is 44.0 Å². The van der Waals surface area contributed by atoms with Crippen LogP contribution >= 0.6 is 0 Å². The summed E-state index contributed by atoms with van der Waals surface area (Å²) in [6, 6.07) is 3.95. The Balaban J connectivity index is 1.92. The summed E-state index contributed by atoms with van der Waals surface area (Å²) in [5, 5.41) is 2.88. The molecule has 2 heterocycles. The Labute approximate surface area is 137 Å². The first-order valence-electron chi connectivity index (χ1n) is 8.28. The molecule has 126 valence electrons. The average Bonchev–Trinajstić information content (AvgIpc) is 2.55. The van der Waals surface area contributed by atoms with Crippen molar-refractivity contribution in [2.75, 3.05) is 19.6 Å². The number of hydrogen-bond acceptors (Lipinski definition) is 4. The van der Waals surface area contributed by atoms with Gasteiger partial charge >= 0.3 is 0 Å². The maximum Gasteiger partial charge on any atom is 0.227 e. The highest BCUT2D eigenvalue weighted by molar-refractivity contribution is 5.79. The number of aryl methyl sites for hydroxylation is 1. The van der Waals surface area contributed by atoms with E-state index in [1.807, 2.05) is 24.0 Å². The molecule has 1 aromatic rings. The fourth-order valence-corrected chi connectivity index (χ4v) is 2.87. The van der Waals surface area contributed by atoms with Crippen molar-refractivity contribution in [1.82, 2.24) is 15.2 Å². The SMILES string of the molecule is Cc1ccc(CC(=O)N2CCCCC2CNC(=O)CCN)cn1. The smallest absolute Gasteiger partial charge is 0.227 e. The van der Waals surface area contributed by atoms with E-state index in [0.717, 1.165) is 37.1 Å². The van der Waals surface area contributed by atoms with E-state index in [1.54, 1.807) is 6.20 Å². The van der Waals surface area contributed by atoms with Gasteiger partial charge in [0.05, 0.1) is 6.42 Å². The molecule has 0 aliphatic carbocycles. The van der Waals surface area contributed by atoms with Crippen molar-refractivity contribution in [2.45, 2.75) is 45.1 Å². The zero-order valence-electron chi connectivity index (χ0n) is 13.8. The molecule has 0 aromatic carbocycles. The maximum absolute atomic E-state index is 12.6. The Kier molecular flexibility index (Phi) is 6.52. The Morgan fingerprint density at radius 3 is 2.91 bits per heavy atom. The quantitative estimate of drug-likeness (QED) is 0.811. The minimum absolute atomic E-state index is 0.0480. The second-order valence-electron chi connectivity index (χ2n) is 6.06. The van der Waals surface area contributed by atoms with Gasteiger partial charge in [0.1, 0.15) is 0 Å². The van der Waals surface area contributed by atoms with Crippen LogP contribution in [0.3, 0.4) is 0 Å². The van der Waals surface area contributed by atoms with Gasteiger partial charge in [0.15, 0.2) is 0 Å². The lowest BCUT2D eigenvalue weighted by atomic mass is 10.0. The molecule has 23 heavy (non-hydrogen) atoms. The topological polar surface area (TPSA) is 88.3 Å². The molecule has 0 bridgehead atoms. The van der Waals surface area contributed by atoms with Gasteiger partial charge in [-0.3, -0.25) is 14.6 Å². The number of rotatable bonds is 6. The standard InChI is InChI=1S/C17H26N4O2/c1-13-5-6-14(11-19-13)10-17(23)21-9-3-2-4-15(21)12-20-16(22)7-8-18/h5-6,11,15H,2-4,7-10,12,18H2,1H3,(H,20,22). The summed E-state index contributed by atoms with van der Waals surface area (Å²) in [7, 11) is 0. The molecule has 2 rings (SSSR count). The number of pyridine rings is 1. The summed E-state index contributed by atoms with van der Waals surface area (Å²) in [4.78, 5) is 30.3. The Bertz CT molecular complexity index is 530. The van der Waals surface area contributed by atoms with Crippen LogP contribution < -0.4 is 11.1 Å². The molecule has 6 nitrogen and oxygen atoms in total. The van der Waals surface area contributed by atoms with Crippen LogP contribution in [0.4, 0.5) is 0 Å². The molecule has 1 unspecified atom stereocenters. The highest BCUT2D eigenvalue weighted by Gasteiger charge is 2.26. The molecule has 3 N–H and O–H groups in total. The van der Waals surface area contributed by atoms with Crippen molar-refractivity contribution in [1.29, 1.82) is 0 Å². The van der Waals surface area contributed by atoms with E-state index in [0.29, 0.717) is 25.9 Å². The fraction of sp³-hybridized carbons (Fsp3) is 0.588. The molecule has 1 fully saturated rings. The predicted molar refractivity (Wildman–Crippen MR) is 88.7 cm³/mol. The van der Waals surface area contributed by atoms with Crippen LogP contribution in [0.1, 0.15) is 36.9 Å². The third-order valence-electron chi connectivity index (χ3n) is 4.18. The molecule has 1 aliphatic heterocycles. The molecule has 2 amide bonds. The van der Waals surface area contributed by atoms with Gasteiger partial charge in [0.25, 0.3) is 0 Å². The van der Waals surface area contributed by atoms with Gasteiger partial charge in [0.2, 0.25) is 11.8 Å². The van der Waals surface area contributed by atoms with E-state index in [9.17, 15) is 9.59 Å². The molecule has 0 radical (unpaired) electrons. The van der Waals surface area contributed by atoms with E-state index in [-0.39, 0.29) is 17.9 Å². The number of hydrogen-bond donors (Lipinski definition) is 2. The van der Waals surface area contributed by atoms with Gasteiger partial charge < -0.3 is 16.0 Å². The number of carbonyl (C=O) groups is 2. The molecule has 1 saturated heterocycles. The Hall–Kier alpha value is -1.95. The lowest BCUT2D eigenvalue weighted by molar-refractivity contribution is -0.134. The largest absolute Gasteiger partial charge is 0.354 e. The molecule has 0 spiro atoms. The zero-order chi connectivity index (χ0) is 16.7. The number of amides is 2. The van der Waals surface area contributed by atoms with Gasteiger partial charge in [-0.2, -0.15) is 0 Å². The number of aromatic nitrogens is 1. The molecule has 6 heteroatoms. The van der Waals surface area contributed by atoms with Gasteiger partial charge in [-0.25, -0.2) is 0 Å². The van der Waals surface area contributed by atoms with Crippen molar-refractivity contribution in [3.05, 3.63) is 29.6 Å². The van der Waals surface area contributed by atoms with E-state index in [1.165, 1.54) is 0 Å². The van der Waals surface area contributed by atoms with E-state index < -0.39 is 0 Å². The van der Waals surface area contributed by atoms with E-state index >= 15 is 0 Å². The predicted octanol–water partition coefficient (Wildman–Crippen LogP) is 0.779. The minimum Gasteiger partial charge on any atom is -0.354 e. The number of nitrogens with two attached hydrogens (primary N) is 1.